The Bertz CT molecular complexity index is 554. The van der Waals surface area contributed by atoms with E-state index in [0.29, 0.717) is 5.56 Å². The van der Waals surface area contributed by atoms with E-state index in [1.807, 2.05) is 32.9 Å². The average molecular weight is 262 g/mol. The Hall–Kier alpha value is -1.65. The summed E-state index contributed by atoms with van der Waals surface area (Å²) in [6, 6.07) is 4.92. The number of nitrogens with one attached hydrogen (secondary N) is 1. The topological polar surface area (TPSA) is 51.2 Å². The zero-order valence-electron chi connectivity index (χ0n) is 11.5. The van der Waals surface area contributed by atoms with Gasteiger partial charge in [0, 0.05) is 17.5 Å². The van der Waals surface area contributed by atoms with Crippen LogP contribution in [0.5, 0.6) is 0 Å². The first-order valence-corrected chi connectivity index (χ1v) is 6.37. The molecule has 0 spiro atoms. The molecule has 19 heavy (non-hydrogen) atoms. The fourth-order valence-electron chi connectivity index (χ4n) is 2.52. The largest absolute Gasteiger partial charge is 0.469 e. The number of halogens is 1. The summed E-state index contributed by atoms with van der Waals surface area (Å²) in [7, 11) is 0. The van der Waals surface area contributed by atoms with Gasteiger partial charge in [-0.1, -0.05) is 13.0 Å². The molecule has 2 rings (SSSR count). The van der Waals surface area contributed by atoms with Gasteiger partial charge in [-0.25, -0.2) is 9.82 Å². The highest BCUT2D eigenvalue weighted by Gasteiger charge is 2.22. The summed E-state index contributed by atoms with van der Waals surface area (Å²) in [6.45, 7) is 5.76. The van der Waals surface area contributed by atoms with E-state index in [2.05, 4.69) is 5.43 Å². The van der Waals surface area contributed by atoms with E-state index in [1.165, 1.54) is 6.07 Å². The van der Waals surface area contributed by atoms with Crippen molar-refractivity contribution in [2.45, 2.75) is 33.2 Å². The van der Waals surface area contributed by atoms with Gasteiger partial charge >= 0.3 is 0 Å². The maximum atomic E-state index is 14.2. The summed E-state index contributed by atoms with van der Waals surface area (Å²) in [6.07, 6.45) is 2.35. The van der Waals surface area contributed by atoms with E-state index in [9.17, 15) is 4.39 Å². The lowest BCUT2D eigenvalue weighted by atomic mass is 9.93. The first-order valence-electron chi connectivity index (χ1n) is 6.37. The summed E-state index contributed by atoms with van der Waals surface area (Å²) in [5.41, 5.74) is 5.93. The average Bonchev–Trinajstić information content (AvgIpc) is 2.81. The van der Waals surface area contributed by atoms with Crippen molar-refractivity contribution < 1.29 is 8.81 Å². The maximum absolute atomic E-state index is 14.2. The van der Waals surface area contributed by atoms with Crippen molar-refractivity contribution >= 4 is 0 Å². The fraction of sp³-hybridized carbons (Fsp3) is 0.333. The molecule has 4 heteroatoms. The number of hydrogen-bond acceptors (Lipinski definition) is 3. The number of hydrazine groups is 1. The highest BCUT2D eigenvalue weighted by atomic mass is 19.1. The molecule has 102 valence electrons. The molecule has 1 atom stereocenters. The first kappa shape index (κ1) is 13.8. The molecule has 1 aromatic heterocycles. The van der Waals surface area contributed by atoms with Crippen molar-refractivity contribution in [1.82, 2.24) is 5.43 Å². The van der Waals surface area contributed by atoms with Crippen molar-refractivity contribution in [3.8, 4) is 0 Å². The summed E-state index contributed by atoms with van der Waals surface area (Å²) in [4.78, 5) is 0. The molecule has 3 N–H and O–H groups in total. The SMILES string of the molecule is CCc1occc1C(NN)c1c(C)cc(C)cc1F. The van der Waals surface area contributed by atoms with Crippen molar-refractivity contribution in [2.75, 3.05) is 0 Å². The third kappa shape index (κ3) is 2.55. The smallest absolute Gasteiger partial charge is 0.128 e. The lowest BCUT2D eigenvalue weighted by molar-refractivity contribution is 0.496. The minimum absolute atomic E-state index is 0.247. The van der Waals surface area contributed by atoms with E-state index in [4.69, 9.17) is 10.3 Å². The maximum Gasteiger partial charge on any atom is 0.128 e. The van der Waals surface area contributed by atoms with Gasteiger partial charge in [-0.2, -0.15) is 0 Å². The van der Waals surface area contributed by atoms with Gasteiger partial charge in [0.2, 0.25) is 0 Å². The van der Waals surface area contributed by atoms with Crippen LogP contribution in [0.2, 0.25) is 0 Å². The van der Waals surface area contributed by atoms with Crippen LogP contribution in [0.15, 0.2) is 28.9 Å². The Labute approximate surface area is 112 Å². The first-order chi connectivity index (χ1) is 9.08. The minimum Gasteiger partial charge on any atom is -0.469 e. The Morgan fingerprint density at radius 1 is 1.37 bits per heavy atom. The van der Waals surface area contributed by atoms with E-state index in [0.717, 1.165) is 28.9 Å². The minimum atomic E-state index is -0.394. The molecule has 1 unspecified atom stereocenters. The monoisotopic (exact) mass is 262 g/mol. The van der Waals surface area contributed by atoms with Crippen LogP contribution in [0, 0.1) is 19.7 Å². The van der Waals surface area contributed by atoms with E-state index in [1.54, 1.807) is 6.26 Å². The number of rotatable bonds is 4. The van der Waals surface area contributed by atoms with Gasteiger partial charge in [0.15, 0.2) is 0 Å². The molecule has 2 aromatic rings. The van der Waals surface area contributed by atoms with E-state index >= 15 is 0 Å². The summed E-state index contributed by atoms with van der Waals surface area (Å²) in [5.74, 6) is 6.21. The van der Waals surface area contributed by atoms with E-state index < -0.39 is 6.04 Å². The third-order valence-electron chi connectivity index (χ3n) is 3.35. The van der Waals surface area contributed by atoms with Gasteiger partial charge in [-0.05, 0) is 37.1 Å². The lowest BCUT2D eigenvalue weighted by Crippen LogP contribution is -2.30. The van der Waals surface area contributed by atoms with Crippen LogP contribution < -0.4 is 11.3 Å². The normalized spacial score (nSPS) is 12.7. The Kier molecular flexibility index (Phi) is 4.02. The highest BCUT2D eigenvalue weighted by Crippen LogP contribution is 2.30. The zero-order chi connectivity index (χ0) is 14.0. The second-order valence-electron chi connectivity index (χ2n) is 4.73. The van der Waals surface area contributed by atoms with Crippen molar-refractivity contribution in [1.29, 1.82) is 0 Å². The van der Waals surface area contributed by atoms with Gasteiger partial charge in [0.05, 0.1) is 12.3 Å². The molecule has 1 aromatic carbocycles. The lowest BCUT2D eigenvalue weighted by Gasteiger charge is -2.20. The van der Waals surface area contributed by atoms with Crippen LogP contribution in [-0.4, -0.2) is 0 Å². The van der Waals surface area contributed by atoms with Crippen molar-refractivity contribution in [3.05, 3.63) is 58.3 Å². The molecule has 0 saturated carbocycles. The molecule has 0 radical (unpaired) electrons. The predicted molar refractivity (Wildman–Crippen MR) is 73.1 cm³/mol. The predicted octanol–water partition coefficient (Wildman–Crippen LogP) is 3.15. The molecule has 0 fully saturated rings. The summed E-state index contributed by atoms with van der Waals surface area (Å²) >= 11 is 0. The molecular weight excluding hydrogens is 243 g/mol. The molecular formula is C15H19FN2O. The van der Waals surface area contributed by atoms with E-state index in [-0.39, 0.29) is 5.82 Å². The van der Waals surface area contributed by atoms with Gasteiger partial charge in [0.25, 0.3) is 0 Å². The Balaban J connectivity index is 2.54. The molecule has 0 aliphatic heterocycles. The quantitative estimate of drug-likeness (QED) is 0.657. The highest BCUT2D eigenvalue weighted by molar-refractivity contribution is 5.40. The van der Waals surface area contributed by atoms with Gasteiger partial charge < -0.3 is 4.42 Å². The number of nitrogens with two attached hydrogens (primary N) is 1. The second-order valence-corrected chi connectivity index (χ2v) is 4.73. The van der Waals surface area contributed by atoms with Gasteiger partial charge in [0.1, 0.15) is 11.6 Å². The standard InChI is InChI=1S/C15H19FN2O/c1-4-13-11(5-6-19-13)15(18-17)14-10(3)7-9(2)8-12(14)16/h5-8,15,18H,4,17H2,1-3H3. The number of furan rings is 1. The molecule has 1 heterocycles. The molecule has 0 aliphatic rings. The molecule has 0 amide bonds. The van der Waals surface area contributed by atoms with Crippen LogP contribution in [-0.2, 0) is 6.42 Å². The van der Waals surface area contributed by atoms with Gasteiger partial charge in [-0.3, -0.25) is 5.84 Å². The van der Waals surface area contributed by atoms with Gasteiger partial charge in [-0.15, -0.1) is 0 Å². The number of hydrogen-bond donors (Lipinski definition) is 2. The molecule has 3 nitrogen and oxygen atoms in total. The molecule has 0 aliphatic carbocycles. The van der Waals surface area contributed by atoms with Crippen LogP contribution in [0.3, 0.4) is 0 Å². The van der Waals surface area contributed by atoms with Crippen LogP contribution in [0.4, 0.5) is 4.39 Å². The molecule has 0 saturated heterocycles. The summed E-state index contributed by atoms with van der Waals surface area (Å²) < 4.78 is 19.7. The van der Waals surface area contributed by atoms with Crippen LogP contribution in [0.1, 0.15) is 41.0 Å². The summed E-state index contributed by atoms with van der Waals surface area (Å²) in [5, 5.41) is 0. The molecule has 0 bridgehead atoms. The third-order valence-corrected chi connectivity index (χ3v) is 3.35. The fourth-order valence-corrected chi connectivity index (χ4v) is 2.52. The number of benzene rings is 1. The number of aryl methyl sites for hydroxylation is 3. The second kappa shape index (κ2) is 5.55. The zero-order valence-corrected chi connectivity index (χ0v) is 11.5. The Morgan fingerprint density at radius 2 is 2.11 bits per heavy atom. The van der Waals surface area contributed by atoms with Crippen molar-refractivity contribution in [3.63, 3.8) is 0 Å². The Morgan fingerprint density at radius 3 is 2.68 bits per heavy atom. The van der Waals surface area contributed by atoms with Crippen LogP contribution in [0.25, 0.3) is 0 Å². The van der Waals surface area contributed by atoms with Crippen molar-refractivity contribution in [2.24, 2.45) is 5.84 Å². The van der Waals surface area contributed by atoms with Crippen LogP contribution >= 0.6 is 0 Å².